The summed E-state index contributed by atoms with van der Waals surface area (Å²) in [7, 11) is 1.38. The molecule has 23 heavy (non-hydrogen) atoms. The molecule has 0 saturated heterocycles. The molecule has 2 aromatic rings. The normalized spacial score (nSPS) is 10.0. The zero-order chi connectivity index (χ0) is 16.8. The van der Waals surface area contributed by atoms with Gasteiger partial charge in [-0.1, -0.05) is 0 Å². The van der Waals surface area contributed by atoms with Crippen molar-refractivity contribution in [2.24, 2.45) is 0 Å². The summed E-state index contributed by atoms with van der Waals surface area (Å²) in [6, 6.07) is 9.02. The van der Waals surface area contributed by atoms with Crippen LogP contribution in [0.25, 0.3) is 0 Å². The molecule has 120 valence electrons. The molecule has 0 unspecified atom stereocenters. The van der Waals surface area contributed by atoms with Gasteiger partial charge in [-0.2, -0.15) is 0 Å². The molecular weight excluding hydrogens is 307 g/mol. The molecular formula is C15H13FN2O5. The summed E-state index contributed by atoms with van der Waals surface area (Å²) in [5.41, 5.74) is -0.0186. The van der Waals surface area contributed by atoms with Gasteiger partial charge >= 0.3 is 0 Å². The maximum Gasteiger partial charge on any atom is 0.271 e. The fraction of sp³-hybridized carbons (Fsp3) is 0.133. The number of amides is 1. The van der Waals surface area contributed by atoms with Crippen LogP contribution in [0.1, 0.15) is 0 Å². The van der Waals surface area contributed by atoms with Crippen molar-refractivity contribution < 1.29 is 23.6 Å². The number of methoxy groups -OCH3 is 1. The van der Waals surface area contributed by atoms with E-state index in [4.69, 9.17) is 9.47 Å². The van der Waals surface area contributed by atoms with Crippen LogP contribution in [0, 0.1) is 15.9 Å². The summed E-state index contributed by atoms with van der Waals surface area (Å²) in [5, 5.41) is 13.2. The van der Waals surface area contributed by atoms with Gasteiger partial charge in [0.15, 0.2) is 6.61 Å². The average molecular weight is 320 g/mol. The van der Waals surface area contributed by atoms with Crippen LogP contribution < -0.4 is 14.8 Å². The van der Waals surface area contributed by atoms with E-state index in [-0.39, 0.29) is 23.7 Å². The second-order valence-corrected chi connectivity index (χ2v) is 4.43. The Labute approximate surface area is 130 Å². The summed E-state index contributed by atoms with van der Waals surface area (Å²) in [6.07, 6.45) is 0. The molecule has 1 N–H and O–H groups in total. The molecule has 0 aliphatic rings. The van der Waals surface area contributed by atoms with E-state index >= 15 is 0 Å². The topological polar surface area (TPSA) is 90.7 Å². The molecule has 2 aromatic carbocycles. The number of halogens is 1. The first-order valence-corrected chi connectivity index (χ1v) is 6.50. The zero-order valence-corrected chi connectivity index (χ0v) is 12.1. The number of non-ortho nitro benzene ring substituents is 1. The van der Waals surface area contributed by atoms with Gasteiger partial charge in [0.2, 0.25) is 0 Å². The Kier molecular flexibility index (Phi) is 5.08. The molecule has 0 atom stereocenters. The molecule has 7 nitrogen and oxygen atoms in total. The summed E-state index contributed by atoms with van der Waals surface area (Å²) in [4.78, 5) is 22.1. The first kappa shape index (κ1) is 16.2. The highest BCUT2D eigenvalue weighted by Crippen LogP contribution is 2.28. The van der Waals surface area contributed by atoms with Gasteiger partial charge in [0.1, 0.15) is 17.3 Å². The van der Waals surface area contributed by atoms with Gasteiger partial charge in [-0.25, -0.2) is 4.39 Å². The van der Waals surface area contributed by atoms with E-state index in [9.17, 15) is 19.3 Å². The number of nitro benzene ring substituents is 1. The monoisotopic (exact) mass is 320 g/mol. The first-order valence-electron chi connectivity index (χ1n) is 6.50. The smallest absolute Gasteiger partial charge is 0.271 e. The van der Waals surface area contributed by atoms with Crippen molar-refractivity contribution in [3.8, 4) is 11.5 Å². The predicted octanol–water partition coefficient (Wildman–Crippen LogP) is 2.76. The van der Waals surface area contributed by atoms with Crippen LogP contribution in [0.15, 0.2) is 42.5 Å². The lowest BCUT2D eigenvalue weighted by atomic mass is 10.2. The van der Waals surface area contributed by atoms with Crippen LogP contribution in [-0.4, -0.2) is 24.5 Å². The lowest BCUT2D eigenvalue weighted by molar-refractivity contribution is -0.384. The lowest BCUT2D eigenvalue weighted by Crippen LogP contribution is -2.20. The van der Waals surface area contributed by atoms with E-state index in [0.717, 1.165) is 0 Å². The Morgan fingerprint density at radius 2 is 1.96 bits per heavy atom. The highest BCUT2D eigenvalue weighted by Gasteiger charge is 2.14. The molecule has 1 amide bonds. The van der Waals surface area contributed by atoms with Gasteiger partial charge in [0, 0.05) is 12.1 Å². The van der Waals surface area contributed by atoms with Crippen LogP contribution in [0.2, 0.25) is 0 Å². The Hall–Kier alpha value is -3.16. The van der Waals surface area contributed by atoms with Gasteiger partial charge in [0.25, 0.3) is 11.6 Å². The molecule has 0 aromatic heterocycles. The minimum absolute atomic E-state index is 0.161. The number of hydrogen-bond acceptors (Lipinski definition) is 5. The Morgan fingerprint density at radius 3 is 2.57 bits per heavy atom. The van der Waals surface area contributed by atoms with Crippen LogP contribution in [-0.2, 0) is 4.79 Å². The van der Waals surface area contributed by atoms with E-state index in [1.165, 1.54) is 49.6 Å². The number of carbonyl (C=O) groups is 1. The first-order chi connectivity index (χ1) is 11.0. The van der Waals surface area contributed by atoms with Gasteiger partial charge in [-0.15, -0.1) is 0 Å². The third-order valence-electron chi connectivity index (χ3n) is 2.85. The van der Waals surface area contributed by atoms with Crippen LogP contribution >= 0.6 is 0 Å². The van der Waals surface area contributed by atoms with Crippen LogP contribution in [0.4, 0.5) is 15.8 Å². The molecule has 0 heterocycles. The van der Waals surface area contributed by atoms with Gasteiger partial charge in [-0.05, 0) is 30.3 Å². The van der Waals surface area contributed by atoms with E-state index in [2.05, 4.69) is 5.32 Å². The molecule has 0 radical (unpaired) electrons. The van der Waals surface area contributed by atoms with Gasteiger partial charge in [0.05, 0.1) is 17.7 Å². The number of rotatable bonds is 6. The third-order valence-corrected chi connectivity index (χ3v) is 2.85. The van der Waals surface area contributed by atoms with E-state index in [1.54, 1.807) is 0 Å². The van der Waals surface area contributed by atoms with Crippen LogP contribution in [0.3, 0.4) is 0 Å². The van der Waals surface area contributed by atoms with E-state index < -0.39 is 16.6 Å². The molecule has 2 rings (SSSR count). The van der Waals surface area contributed by atoms with Crippen molar-refractivity contribution in [2.45, 2.75) is 0 Å². The molecule has 0 fully saturated rings. The number of ether oxygens (including phenoxy) is 2. The third kappa shape index (κ3) is 4.40. The SMILES string of the molecule is COc1ccc([N+](=O)[O-])cc1NC(=O)COc1ccc(F)cc1. The average Bonchev–Trinajstić information content (AvgIpc) is 2.54. The lowest BCUT2D eigenvalue weighted by Gasteiger charge is -2.10. The standard InChI is InChI=1S/C15H13FN2O5/c1-22-14-7-4-11(18(20)21)8-13(14)17-15(19)9-23-12-5-2-10(16)3-6-12/h2-8H,9H2,1H3,(H,17,19). The number of nitrogens with zero attached hydrogens (tertiary/aromatic N) is 1. The second-order valence-electron chi connectivity index (χ2n) is 4.43. The predicted molar refractivity (Wildman–Crippen MR) is 80.2 cm³/mol. The summed E-state index contributed by atoms with van der Waals surface area (Å²) in [6.45, 7) is -0.336. The highest BCUT2D eigenvalue weighted by molar-refractivity contribution is 5.93. The van der Waals surface area contributed by atoms with Crippen molar-refractivity contribution in [1.82, 2.24) is 0 Å². The Balaban J connectivity index is 2.02. The fourth-order valence-corrected chi connectivity index (χ4v) is 1.77. The Bertz CT molecular complexity index is 718. The largest absolute Gasteiger partial charge is 0.495 e. The van der Waals surface area contributed by atoms with Crippen molar-refractivity contribution in [1.29, 1.82) is 0 Å². The minimum atomic E-state index is -0.579. The summed E-state index contributed by atoms with van der Waals surface area (Å²) >= 11 is 0. The Morgan fingerprint density at radius 1 is 1.26 bits per heavy atom. The van der Waals surface area contributed by atoms with Crippen LogP contribution in [0.5, 0.6) is 11.5 Å². The molecule has 0 spiro atoms. The molecule has 0 aliphatic carbocycles. The van der Waals surface area contributed by atoms with Crippen molar-refractivity contribution in [2.75, 3.05) is 19.0 Å². The molecule has 0 saturated carbocycles. The summed E-state index contributed by atoms with van der Waals surface area (Å²) < 4.78 is 23.0. The second kappa shape index (κ2) is 7.21. The number of hydrogen-bond donors (Lipinski definition) is 1. The number of carbonyl (C=O) groups excluding carboxylic acids is 1. The quantitative estimate of drug-likeness (QED) is 0.653. The molecule has 8 heteroatoms. The number of anilines is 1. The zero-order valence-electron chi connectivity index (χ0n) is 12.1. The number of benzene rings is 2. The maximum absolute atomic E-state index is 12.8. The van der Waals surface area contributed by atoms with Crippen molar-refractivity contribution in [3.63, 3.8) is 0 Å². The highest BCUT2D eigenvalue weighted by atomic mass is 19.1. The fourth-order valence-electron chi connectivity index (χ4n) is 1.77. The van der Waals surface area contributed by atoms with E-state index in [0.29, 0.717) is 5.75 Å². The van der Waals surface area contributed by atoms with Crippen molar-refractivity contribution in [3.05, 3.63) is 58.4 Å². The summed E-state index contributed by atoms with van der Waals surface area (Å²) in [5.74, 6) is -0.338. The molecule has 0 aliphatic heterocycles. The minimum Gasteiger partial charge on any atom is -0.495 e. The van der Waals surface area contributed by atoms with E-state index in [1.807, 2.05) is 0 Å². The number of nitro groups is 1. The maximum atomic E-state index is 12.8. The van der Waals surface area contributed by atoms with Gasteiger partial charge < -0.3 is 14.8 Å². The van der Waals surface area contributed by atoms with Crippen molar-refractivity contribution >= 4 is 17.3 Å². The van der Waals surface area contributed by atoms with Gasteiger partial charge in [-0.3, -0.25) is 14.9 Å². The number of nitrogens with one attached hydrogen (secondary N) is 1. The molecule has 0 bridgehead atoms.